The minimum atomic E-state index is -0.521. The maximum absolute atomic E-state index is 11.2. The Bertz CT molecular complexity index is 403. The molecule has 1 aromatic heterocycles. The number of ether oxygens (including phenoxy) is 2. The Hall–Kier alpha value is -1.60. The first-order valence-corrected chi connectivity index (χ1v) is 5.24. The third-order valence-electron chi connectivity index (χ3n) is 2.22. The number of aromatic amines is 2. The van der Waals surface area contributed by atoms with Gasteiger partial charge in [-0.3, -0.25) is 14.8 Å². The van der Waals surface area contributed by atoms with Gasteiger partial charge in [0.05, 0.1) is 13.2 Å². The zero-order chi connectivity index (χ0) is 12.7. The number of hydrogen-bond donors (Lipinski definition) is 2. The van der Waals surface area contributed by atoms with Crippen molar-refractivity contribution >= 4 is 5.82 Å². The summed E-state index contributed by atoms with van der Waals surface area (Å²) in [5.41, 5.74) is -0.948. The van der Waals surface area contributed by atoms with Crippen LogP contribution in [0.1, 0.15) is 0 Å². The Morgan fingerprint density at radius 1 is 1.12 bits per heavy atom. The predicted molar refractivity (Wildman–Crippen MR) is 63.6 cm³/mol. The molecule has 1 rings (SSSR count). The molecule has 0 fully saturated rings. The summed E-state index contributed by atoms with van der Waals surface area (Å²) in [5.74, 6) is 0.466. The Labute approximate surface area is 98.4 Å². The molecule has 0 radical (unpaired) electrons. The summed E-state index contributed by atoms with van der Waals surface area (Å²) in [6.07, 6.45) is 0. The molecule has 0 aliphatic carbocycles. The Balaban J connectivity index is 2.86. The Kier molecular flexibility index (Phi) is 5.44. The number of aromatic nitrogens is 2. The van der Waals surface area contributed by atoms with Crippen LogP contribution in [0.2, 0.25) is 0 Å². The fraction of sp³-hybridized carbons (Fsp3) is 0.600. The van der Waals surface area contributed by atoms with Crippen molar-refractivity contribution in [3.8, 4) is 0 Å². The van der Waals surface area contributed by atoms with Gasteiger partial charge in [0.25, 0.3) is 5.56 Å². The van der Waals surface area contributed by atoms with Gasteiger partial charge in [0.15, 0.2) is 0 Å². The maximum atomic E-state index is 11.2. The minimum Gasteiger partial charge on any atom is -0.383 e. The van der Waals surface area contributed by atoms with Crippen LogP contribution in [-0.2, 0) is 9.47 Å². The van der Waals surface area contributed by atoms with Gasteiger partial charge in [-0.25, -0.2) is 4.79 Å². The van der Waals surface area contributed by atoms with Crippen molar-refractivity contribution in [2.24, 2.45) is 0 Å². The molecule has 7 nitrogen and oxygen atoms in total. The van der Waals surface area contributed by atoms with Gasteiger partial charge < -0.3 is 14.4 Å². The monoisotopic (exact) mass is 243 g/mol. The Morgan fingerprint density at radius 3 is 2.18 bits per heavy atom. The van der Waals surface area contributed by atoms with Crippen molar-refractivity contribution < 1.29 is 9.47 Å². The molecule has 7 heteroatoms. The summed E-state index contributed by atoms with van der Waals surface area (Å²) < 4.78 is 9.95. The van der Waals surface area contributed by atoms with Crippen LogP contribution in [0.3, 0.4) is 0 Å². The standard InChI is InChI=1S/C10H17N3O4/c1-16-5-3-13(4-6-17-2)8-7-9(14)12-10(15)11-8/h7H,3-6H2,1-2H3,(H2,11,12,14,15). The van der Waals surface area contributed by atoms with Gasteiger partial charge in [-0.1, -0.05) is 0 Å². The van der Waals surface area contributed by atoms with E-state index in [-0.39, 0.29) is 0 Å². The van der Waals surface area contributed by atoms with Crippen LogP contribution >= 0.6 is 0 Å². The molecule has 1 aromatic rings. The van der Waals surface area contributed by atoms with Crippen LogP contribution in [0.25, 0.3) is 0 Å². The third kappa shape index (κ3) is 4.41. The molecule has 0 amide bonds. The van der Waals surface area contributed by atoms with E-state index in [1.807, 2.05) is 4.90 Å². The second kappa shape index (κ2) is 6.87. The molecular weight excluding hydrogens is 226 g/mol. The van der Waals surface area contributed by atoms with Crippen LogP contribution in [0, 0.1) is 0 Å². The molecule has 0 atom stereocenters. The molecule has 0 bridgehead atoms. The van der Waals surface area contributed by atoms with Crippen LogP contribution in [-0.4, -0.2) is 50.5 Å². The Morgan fingerprint density at radius 2 is 1.71 bits per heavy atom. The normalized spacial score (nSPS) is 10.5. The van der Waals surface area contributed by atoms with E-state index in [1.54, 1.807) is 14.2 Å². The number of hydrogen-bond acceptors (Lipinski definition) is 5. The fourth-order valence-electron chi connectivity index (χ4n) is 1.38. The lowest BCUT2D eigenvalue weighted by Crippen LogP contribution is -2.34. The first-order chi connectivity index (χ1) is 8.17. The van der Waals surface area contributed by atoms with E-state index in [2.05, 4.69) is 9.97 Å². The van der Waals surface area contributed by atoms with Gasteiger partial charge >= 0.3 is 5.69 Å². The lowest BCUT2D eigenvalue weighted by atomic mass is 10.4. The van der Waals surface area contributed by atoms with Gasteiger partial charge in [0, 0.05) is 33.4 Å². The molecule has 0 spiro atoms. The van der Waals surface area contributed by atoms with Gasteiger partial charge in [-0.15, -0.1) is 0 Å². The van der Waals surface area contributed by atoms with Gasteiger partial charge in [0.1, 0.15) is 5.82 Å². The van der Waals surface area contributed by atoms with Gasteiger partial charge in [0.2, 0.25) is 0 Å². The van der Waals surface area contributed by atoms with E-state index in [9.17, 15) is 9.59 Å². The molecule has 0 aromatic carbocycles. The van der Waals surface area contributed by atoms with Crippen molar-refractivity contribution in [1.29, 1.82) is 0 Å². The van der Waals surface area contributed by atoms with E-state index >= 15 is 0 Å². The number of anilines is 1. The molecule has 0 unspecified atom stereocenters. The molecule has 0 saturated heterocycles. The molecule has 0 aliphatic heterocycles. The molecule has 1 heterocycles. The highest BCUT2D eigenvalue weighted by Gasteiger charge is 2.08. The van der Waals surface area contributed by atoms with E-state index < -0.39 is 11.2 Å². The van der Waals surface area contributed by atoms with E-state index in [0.29, 0.717) is 32.1 Å². The number of nitrogens with one attached hydrogen (secondary N) is 2. The summed E-state index contributed by atoms with van der Waals surface area (Å²) in [6.45, 7) is 2.13. The second-order valence-corrected chi connectivity index (χ2v) is 3.45. The van der Waals surface area contributed by atoms with Crippen LogP contribution in [0.15, 0.2) is 15.7 Å². The van der Waals surface area contributed by atoms with Crippen molar-refractivity contribution in [1.82, 2.24) is 9.97 Å². The maximum Gasteiger partial charge on any atom is 0.327 e. The van der Waals surface area contributed by atoms with Crippen molar-refractivity contribution in [2.45, 2.75) is 0 Å². The predicted octanol–water partition coefficient (Wildman–Crippen LogP) is -0.838. The molecule has 0 aliphatic rings. The van der Waals surface area contributed by atoms with Crippen molar-refractivity contribution in [3.05, 3.63) is 26.9 Å². The van der Waals surface area contributed by atoms with Crippen LogP contribution in [0.5, 0.6) is 0 Å². The number of rotatable bonds is 7. The van der Waals surface area contributed by atoms with Gasteiger partial charge in [-0.2, -0.15) is 0 Å². The zero-order valence-corrected chi connectivity index (χ0v) is 9.99. The smallest absolute Gasteiger partial charge is 0.327 e. The fourth-order valence-corrected chi connectivity index (χ4v) is 1.38. The van der Waals surface area contributed by atoms with Crippen LogP contribution < -0.4 is 16.1 Å². The van der Waals surface area contributed by atoms with E-state index in [4.69, 9.17) is 9.47 Å². The summed E-state index contributed by atoms with van der Waals surface area (Å²) in [4.78, 5) is 28.9. The third-order valence-corrected chi connectivity index (χ3v) is 2.22. The molecule has 2 N–H and O–H groups in total. The number of nitrogens with zero attached hydrogens (tertiary/aromatic N) is 1. The second-order valence-electron chi connectivity index (χ2n) is 3.45. The van der Waals surface area contributed by atoms with Crippen molar-refractivity contribution in [3.63, 3.8) is 0 Å². The highest BCUT2D eigenvalue weighted by molar-refractivity contribution is 5.36. The number of H-pyrrole nitrogens is 2. The molecular formula is C10H17N3O4. The molecule has 17 heavy (non-hydrogen) atoms. The summed E-state index contributed by atoms with van der Waals surface area (Å²) in [7, 11) is 3.18. The highest BCUT2D eigenvalue weighted by atomic mass is 16.5. The minimum absolute atomic E-state index is 0.427. The lowest BCUT2D eigenvalue weighted by molar-refractivity contribution is 0.190. The highest BCUT2D eigenvalue weighted by Crippen LogP contribution is 2.04. The quantitative estimate of drug-likeness (QED) is 0.652. The van der Waals surface area contributed by atoms with Gasteiger partial charge in [-0.05, 0) is 0 Å². The summed E-state index contributed by atoms with van der Waals surface area (Å²) in [6, 6.07) is 1.34. The summed E-state index contributed by atoms with van der Waals surface area (Å²) in [5, 5.41) is 0. The first kappa shape index (κ1) is 13.5. The average molecular weight is 243 g/mol. The zero-order valence-electron chi connectivity index (χ0n) is 9.99. The number of methoxy groups -OCH3 is 2. The largest absolute Gasteiger partial charge is 0.383 e. The first-order valence-electron chi connectivity index (χ1n) is 5.24. The molecule has 96 valence electrons. The van der Waals surface area contributed by atoms with E-state index in [1.165, 1.54) is 6.07 Å². The lowest BCUT2D eigenvalue weighted by Gasteiger charge is -2.22. The van der Waals surface area contributed by atoms with E-state index in [0.717, 1.165) is 0 Å². The average Bonchev–Trinajstić information content (AvgIpc) is 2.28. The topological polar surface area (TPSA) is 87.4 Å². The summed E-state index contributed by atoms with van der Waals surface area (Å²) >= 11 is 0. The SMILES string of the molecule is COCCN(CCOC)c1cc(=O)[nH]c(=O)[nH]1. The van der Waals surface area contributed by atoms with Crippen molar-refractivity contribution in [2.75, 3.05) is 45.4 Å². The molecule has 0 saturated carbocycles. The van der Waals surface area contributed by atoms with Crippen LogP contribution in [0.4, 0.5) is 5.82 Å².